The highest BCUT2D eigenvalue weighted by Gasteiger charge is 2.19. The number of hydrogen-bond donors (Lipinski definition) is 0. The Morgan fingerprint density at radius 1 is 1.58 bits per heavy atom. The predicted molar refractivity (Wildman–Crippen MR) is 54.2 cm³/mol. The van der Waals surface area contributed by atoms with E-state index in [9.17, 15) is 4.79 Å². The molecule has 1 atom stereocenters. The Morgan fingerprint density at radius 3 is 2.83 bits per heavy atom. The van der Waals surface area contributed by atoms with Crippen molar-refractivity contribution in [2.75, 3.05) is 0 Å². The van der Waals surface area contributed by atoms with Crippen LogP contribution in [0.25, 0.3) is 0 Å². The van der Waals surface area contributed by atoms with Crippen LogP contribution < -0.4 is 0 Å². The highest BCUT2D eigenvalue weighted by molar-refractivity contribution is 8.02. The number of carbonyl (C=O) groups is 1. The maximum Gasteiger partial charge on any atom is 0.133 e. The first-order chi connectivity index (χ1) is 5.68. The molecule has 0 saturated heterocycles. The number of allylic oxidation sites excluding steroid dienone is 1. The van der Waals surface area contributed by atoms with E-state index in [1.165, 1.54) is 0 Å². The molecule has 1 fully saturated rings. The molecule has 0 heterocycles. The molecular weight excluding hydrogens is 168 g/mol. The van der Waals surface area contributed by atoms with Crippen molar-refractivity contribution in [1.29, 1.82) is 0 Å². The van der Waals surface area contributed by atoms with Gasteiger partial charge in [0.25, 0.3) is 0 Å². The summed E-state index contributed by atoms with van der Waals surface area (Å²) < 4.78 is 0. The normalized spacial score (nSPS) is 24.6. The summed E-state index contributed by atoms with van der Waals surface area (Å²) >= 11 is 1.83. The second-order valence-corrected chi connectivity index (χ2v) is 5.04. The van der Waals surface area contributed by atoms with Crippen LogP contribution in [0.4, 0.5) is 0 Å². The van der Waals surface area contributed by atoms with Crippen LogP contribution in [0.5, 0.6) is 0 Å². The Labute approximate surface area is 78.6 Å². The molecule has 0 N–H and O–H groups in total. The lowest BCUT2D eigenvalue weighted by atomic mass is 10.1. The number of hydrogen-bond acceptors (Lipinski definition) is 2. The van der Waals surface area contributed by atoms with Crippen LogP contribution in [0, 0.1) is 5.92 Å². The van der Waals surface area contributed by atoms with E-state index >= 15 is 0 Å². The molecule has 1 saturated carbocycles. The summed E-state index contributed by atoms with van der Waals surface area (Å²) in [5.41, 5.74) is 0. The maximum absolute atomic E-state index is 10.9. The minimum atomic E-state index is 0.430. The fourth-order valence-electron chi connectivity index (χ4n) is 1.32. The zero-order chi connectivity index (χ0) is 8.97. The molecule has 0 bridgehead atoms. The minimum Gasteiger partial charge on any atom is -0.300 e. The van der Waals surface area contributed by atoms with Gasteiger partial charge in [0.1, 0.15) is 5.78 Å². The summed E-state index contributed by atoms with van der Waals surface area (Å²) in [5, 5.41) is 2.80. The molecule has 1 aliphatic carbocycles. The molecule has 1 rings (SSSR count). The van der Waals surface area contributed by atoms with Gasteiger partial charge < -0.3 is 0 Å². The van der Waals surface area contributed by atoms with Gasteiger partial charge >= 0.3 is 0 Å². The standard InChI is InChI=1S/C10H16OS/c1-8(2)12-6-5-9-3-4-10(11)7-9/h5-6,8-9H,3-4,7H2,1-2H3/b6-5+. The summed E-state index contributed by atoms with van der Waals surface area (Å²) in [5.74, 6) is 0.961. The van der Waals surface area contributed by atoms with Crippen molar-refractivity contribution in [3.8, 4) is 0 Å². The van der Waals surface area contributed by atoms with Crippen molar-refractivity contribution in [3.63, 3.8) is 0 Å². The quantitative estimate of drug-likeness (QED) is 0.670. The van der Waals surface area contributed by atoms with Crippen molar-refractivity contribution < 1.29 is 4.79 Å². The Balaban J connectivity index is 2.22. The minimum absolute atomic E-state index is 0.430. The molecule has 0 aromatic rings. The monoisotopic (exact) mass is 184 g/mol. The topological polar surface area (TPSA) is 17.1 Å². The molecule has 0 amide bonds. The fraction of sp³-hybridized carbons (Fsp3) is 0.700. The van der Waals surface area contributed by atoms with Gasteiger partial charge in [0.05, 0.1) is 0 Å². The molecule has 68 valence electrons. The number of carbonyl (C=O) groups excluding carboxylic acids is 1. The van der Waals surface area contributed by atoms with Crippen molar-refractivity contribution in [2.45, 2.75) is 38.4 Å². The van der Waals surface area contributed by atoms with Crippen molar-refractivity contribution in [3.05, 3.63) is 11.5 Å². The van der Waals surface area contributed by atoms with Gasteiger partial charge in [0, 0.05) is 18.1 Å². The number of ketones is 1. The number of Topliss-reactive ketones (excluding diaryl/α,β-unsaturated/α-hetero) is 1. The van der Waals surface area contributed by atoms with Gasteiger partial charge in [0.2, 0.25) is 0 Å². The Bertz CT molecular complexity index is 184. The van der Waals surface area contributed by atoms with Crippen LogP contribution in [-0.4, -0.2) is 11.0 Å². The molecule has 0 aromatic heterocycles. The average Bonchev–Trinajstić information content (AvgIpc) is 2.35. The van der Waals surface area contributed by atoms with Crippen molar-refractivity contribution in [1.82, 2.24) is 0 Å². The van der Waals surface area contributed by atoms with E-state index in [2.05, 4.69) is 25.3 Å². The first-order valence-corrected chi connectivity index (χ1v) is 5.46. The van der Waals surface area contributed by atoms with Crippen LogP contribution in [0.2, 0.25) is 0 Å². The lowest BCUT2D eigenvalue weighted by Crippen LogP contribution is -1.90. The SMILES string of the molecule is CC(C)S/C=C/C1CCC(=O)C1. The summed E-state index contributed by atoms with van der Waals surface area (Å²) in [4.78, 5) is 10.9. The summed E-state index contributed by atoms with van der Waals surface area (Å²) in [6.07, 6.45) is 4.82. The first-order valence-electron chi connectivity index (χ1n) is 4.52. The lowest BCUT2D eigenvalue weighted by molar-refractivity contribution is -0.117. The molecule has 1 unspecified atom stereocenters. The van der Waals surface area contributed by atoms with Gasteiger partial charge in [-0.25, -0.2) is 0 Å². The van der Waals surface area contributed by atoms with E-state index in [4.69, 9.17) is 0 Å². The first kappa shape index (κ1) is 9.85. The third kappa shape index (κ3) is 3.44. The van der Waals surface area contributed by atoms with E-state index in [0.717, 1.165) is 19.3 Å². The van der Waals surface area contributed by atoms with Crippen LogP contribution in [0.3, 0.4) is 0 Å². The lowest BCUT2D eigenvalue weighted by Gasteiger charge is -2.00. The van der Waals surface area contributed by atoms with E-state index in [0.29, 0.717) is 17.0 Å². The second-order valence-electron chi connectivity index (χ2n) is 3.55. The Morgan fingerprint density at radius 2 is 2.33 bits per heavy atom. The highest BCUT2D eigenvalue weighted by atomic mass is 32.2. The van der Waals surface area contributed by atoms with E-state index in [-0.39, 0.29) is 0 Å². The van der Waals surface area contributed by atoms with Gasteiger partial charge in [-0.2, -0.15) is 0 Å². The highest BCUT2D eigenvalue weighted by Crippen LogP contribution is 2.24. The van der Waals surface area contributed by atoms with Gasteiger partial charge in [-0.3, -0.25) is 4.79 Å². The van der Waals surface area contributed by atoms with Crippen LogP contribution in [-0.2, 0) is 4.79 Å². The molecular formula is C10H16OS. The van der Waals surface area contributed by atoms with Crippen molar-refractivity contribution >= 4 is 17.5 Å². The predicted octanol–water partition coefficient (Wildman–Crippen LogP) is 3.01. The zero-order valence-corrected chi connectivity index (χ0v) is 8.56. The third-order valence-corrected chi connectivity index (χ3v) is 2.84. The van der Waals surface area contributed by atoms with E-state index < -0.39 is 0 Å². The molecule has 12 heavy (non-hydrogen) atoms. The van der Waals surface area contributed by atoms with Crippen LogP contribution in [0.15, 0.2) is 11.5 Å². The van der Waals surface area contributed by atoms with Gasteiger partial charge in [-0.15, -0.1) is 11.8 Å². The molecule has 0 spiro atoms. The fourth-order valence-corrected chi connectivity index (χ4v) is 1.95. The Hall–Kier alpha value is -0.240. The van der Waals surface area contributed by atoms with E-state index in [1.807, 2.05) is 11.8 Å². The summed E-state index contributed by atoms with van der Waals surface area (Å²) in [7, 11) is 0. The van der Waals surface area contributed by atoms with Gasteiger partial charge in [0.15, 0.2) is 0 Å². The summed E-state index contributed by atoms with van der Waals surface area (Å²) in [6.45, 7) is 4.35. The Kier molecular flexibility index (Phi) is 3.86. The largest absolute Gasteiger partial charge is 0.300 e. The molecule has 1 nitrogen and oxygen atoms in total. The van der Waals surface area contributed by atoms with Crippen molar-refractivity contribution in [2.24, 2.45) is 5.92 Å². The van der Waals surface area contributed by atoms with Gasteiger partial charge in [-0.1, -0.05) is 19.9 Å². The molecule has 0 radical (unpaired) electrons. The second kappa shape index (κ2) is 4.70. The third-order valence-electron chi connectivity index (χ3n) is 1.99. The van der Waals surface area contributed by atoms with Gasteiger partial charge in [-0.05, 0) is 17.7 Å². The molecule has 1 aliphatic rings. The molecule has 0 aliphatic heterocycles. The van der Waals surface area contributed by atoms with E-state index in [1.54, 1.807) is 0 Å². The number of rotatable bonds is 3. The zero-order valence-electron chi connectivity index (χ0n) is 7.75. The molecule has 2 heteroatoms. The van der Waals surface area contributed by atoms with Crippen LogP contribution in [0.1, 0.15) is 33.1 Å². The smallest absolute Gasteiger partial charge is 0.133 e. The average molecular weight is 184 g/mol. The summed E-state index contributed by atoms with van der Waals surface area (Å²) in [6, 6.07) is 0. The number of thioether (sulfide) groups is 1. The maximum atomic E-state index is 10.9. The molecule has 0 aromatic carbocycles. The van der Waals surface area contributed by atoms with Crippen LogP contribution >= 0.6 is 11.8 Å².